The molecule has 1 atom stereocenters. The first kappa shape index (κ1) is 9.64. The van der Waals surface area contributed by atoms with E-state index >= 15 is 0 Å². The van der Waals surface area contributed by atoms with Crippen LogP contribution in [0.2, 0.25) is 0 Å². The zero-order valence-corrected chi connectivity index (χ0v) is 8.81. The molecule has 0 saturated heterocycles. The molecule has 1 nitrogen and oxygen atoms in total. The second-order valence-electron chi connectivity index (χ2n) is 3.31. The van der Waals surface area contributed by atoms with Crippen LogP contribution >= 0.6 is 11.8 Å². The Morgan fingerprint density at radius 2 is 2.36 bits per heavy atom. The van der Waals surface area contributed by atoms with Gasteiger partial charge < -0.3 is 5.32 Å². The Hall–Kier alpha value is -0.910. The molecule has 1 aliphatic rings. The normalized spacial score (nSPS) is 18.9. The van der Waals surface area contributed by atoms with E-state index in [1.165, 1.54) is 10.5 Å². The number of benzene rings is 1. The smallest absolute Gasteiger partial charge is 0.0426 e. The van der Waals surface area contributed by atoms with Crippen molar-refractivity contribution < 1.29 is 0 Å². The molecule has 0 aliphatic carbocycles. The van der Waals surface area contributed by atoms with E-state index in [0.717, 1.165) is 18.7 Å². The van der Waals surface area contributed by atoms with Crippen molar-refractivity contribution in [2.45, 2.75) is 17.4 Å². The molecule has 1 aromatic rings. The molecule has 14 heavy (non-hydrogen) atoms. The average molecular weight is 203 g/mol. The lowest BCUT2D eigenvalue weighted by molar-refractivity contribution is 0.593. The Morgan fingerprint density at radius 3 is 3.21 bits per heavy atom. The molecule has 0 saturated carbocycles. The highest BCUT2D eigenvalue weighted by molar-refractivity contribution is 7.99. The summed E-state index contributed by atoms with van der Waals surface area (Å²) in [7, 11) is 0. The fourth-order valence-corrected chi connectivity index (χ4v) is 2.85. The van der Waals surface area contributed by atoms with Crippen molar-refractivity contribution in [2.24, 2.45) is 0 Å². The molecule has 0 fully saturated rings. The van der Waals surface area contributed by atoms with Crippen molar-refractivity contribution in [3.05, 3.63) is 29.8 Å². The van der Waals surface area contributed by atoms with E-state index in [1.807, 2.05) is 11.8 Å². The molecule has 1 aliphatic heterocycles. The van der Waals surface area contributed by atoms with Gasteiger partial charge in [-0.2, -0.15) is 0 Å². The van der Waals surface area contributed by atoms with Gasteiger partial charge in [0.2, 0.25) is 0 Å². The first-order valence-corrected chi connectivity index (χ1v) is 5.79. The van der Waals surface area contributed by atoms with Gasteiger partial charge >= 0.3 is 0 Å². The van der Waals surface area contributed by atoms with Crippen molar-refractivity contribution in [3.63, 3.8) is 0 Å². The van der Waals surface area contributed by atoms with Gasteiger partial charge in [0.1, 0.15) is 0 Å². The van der Waals surface area contributed by atoms with Crippen molar-refractivity contribution >= 4 is 11.8 Å². The van der Waals surface area contributed by atoms with Crippen LogP contribution in [0, 0.1) is 12.3 Å². The van der Waals surface area contributed by atoms with Crippen molar-refractivity contribution in [1.82, 2.24) is 5.32 Å². The van der Waals surface area contributed by atoms with Gasteiger partial charge in [0, 0.05) is 29.7 Å². The minimum absolute atomic E-state index is 0.490. The summed E-state index contributed by atoms with van der Waals surface area (Å²) in [6.07, 6.45) is 6.02. The third-order valence-electron chi connectivity index (χ3n) is 2.36. The SMILES string of the molecule is C#CCCNC1CSc2ccccc21. The molecular weight excluding hydrogens is 190 g/mol. The molecule has 1 aromatic carbocycles. The summed E-state index contributed by atoms with van der Waals surface area (Å²) in [5.41, 5.74) is 1.43. The fourth-order valence-electron chi connectivity index (χ4n) is 1.65. The third-order valence-corrected chi connectivity index (χ3v) is 3.54. The minimum Gasteiger partial charge on any atom is -0.308 e. The topological polar surface area (TPSA) is 12.0 Å². The molecule has 1 heterocycles. The van der Waals surface area contributed by atoms with Gasteiger partial charge in [-0.05, 0) is 11.6 Å². The van der Waals surface area contributed by atoms with E-state index in [4.69, 9.17) is 6.42 Å². The van der Waals surface area contributed by atoms with E-state index in [2.05, 4.69) is 35.5 Å². The molecule has 1 N–H and O–H groups in total. The van der Waals surface area contributed by atoms with Crippen LogP contribution < -0.4 is 5.32 Å². The van der Waals surface area contributed by atoms with E-state index in [1.54, 1.807) is 0 Å². The van der Waals surface area contributed by atoms with Crippen LogP contribution in [0.4, 0.5) is 0 Å². The van der Waals surface area contributed by atoms with Crippen molar-refractivity contribution in [3.8, 4) is 12.3 Å². The van der Waals surface area contributed by atoms with Gasteiger partial charge in [-0.1, -0.05) is 18.2 Å². The van der Waals surface area contributed by atoms with Crippen LogP contribution in [0.5, 0.6) is 0 Å². The summed E-state index contributed by atoms with van der Waals surface area (Å²) in [4.78, 5) is 1.41. The molecule has 0 aromatic heterocycles. The van der Waals surface area contributed by atoms with Gasteiger partial charge in [0.15, 0.2) is 0 Å². The molecule has 2 rings (SSSR count). The number of rotatable bonds is 3. The van der Waals surface area contributed by atoms with Gasteiger partial charge in [-0.25, -0.2) is 0 Å². The monoisotopic (exact) mass is 203 g/mol. The maximum Gasteiger partial charge on any atom is 0.0426 e. The number of fused-ring (bicyclic) bond motifs is 1. The zero-order chi connectivity index (χ0) is 9.80. The largest absolute Gasteiger partial charge is 0.308 e. The quantitative estimate of drug-likeness (QED) is 0.598. The second-order valence-corrected chi connectivity index (χ2v) is 4.37. The van der Waals surface area contributed by atoms with Crippen molar-refractivity contribution in [2.75, 3.05) is 12.3 Å². The van der Waals surface area contributed by atoms with Gasteiger partial charge in [0.05, 0.1) is 0 Å². The summed E-state index contributed by atoms with van der Waals surface area (Å²) in [6.45, 7) is 0.913. The van der Waals surface area contributed by atoms with Crippen LogP contribution in [-0.2, 0) is 0 Å². The maximum absolute atomic E-state index is 5.21. The number of terminal acetylenes is 1. The Kier molecular flexibility index (Phi) is 3.13. The maximum atomic E-state index is 5.21. The zero-order valence-electron chi connectivity index (χ0n) is 7.99. The highest BCUT2D eigenvalue weighted by Crippen LogP contribution is 2.37. The average Bonchev–Trinajstić information content (AvgIpc) is 2.63. The summed E-state index contributed by atoms with van der Waals surface area (Å²) < 4.78 is 0. The van der Waals surface area contributed by atoms with E-state index in [9.17, 15) is 0 Å². The summed E-state index contributed by atoms with van der Waals surface area (Å²) >= 11 is 1.92. The second kappa shape index (κ2) is 4.54. The number of hydrogen-bond donors (Lipinski definition) is 1. The lowest BCUT2D eigenvalue weighted by Crippen LogP contribution is -2.21. The van der Waals surface area contributed by atoms with Gasteiger partial charge in [-0.15, -0.1) is 24.1 Å². The van der Waals surface area contributed by atoms with Crippen LogP contribution in [0.3, 0.4) is 0 Å². The summed E-state index contributed by atoms with van der Waals surface area (Å²) in [5, 5.41) is 3.48. The third kappa shape index (κ3) is 1.95. The molecule has 2 heteroatoms. The Morgan fingerprint density at radius 1 is 1.50 bits per heavy atom. The first-order chi connectivity index (χ1) is 6.92. The van der Waals surface area contributed by atoms with Crippen LogP contribution in [0.25, 0.3) is 0 Å². The number of nitrogens with one attached hydrogen (secondary N) is 1. The molecule has 0 radical (unpaired) electrons. The Bertz CT molecular complexity index is 354. The number of hydrogen-bond acceptors (Lipinski definition) is 2. The predicted octanol–water partition coefficient (Wildman–Crippen LogP) is 2.45. The Labute approximate surface area is 89.3 Å². The van der Waals surface area contributed by atoms with Gasteiger partial charge in [-0.3, -0.25) is 0 Å². The minimum atomic E-state index is 0.490. The van der Waals surface area contributed by atoms with Crippen LogP contribution in [-0.4, -0.2) is 12.3 Å². The standard InChI is InChI=1S/C12H13NS/c1-2-3-8-13-11-9-14-12-7-5-4-6-10(11)12/h1,4-7,11,13H,3,8-9H2. The predicted molar refractivity (Wildman–Crippen MR) is 61.4 cm³/mol. The molecule has 72 valence electrons. The summed E-state index contributed by atoms with van der Waals surface area (Å²) in [6, 6.07) is 9.06. The van der Waals surface area contributed by atoms with E-state index < -0.39 is 0 Å². The Balaban J connectivity index is 2.00. The molecule has 0 spiro atoms. The van der Waals surface area contributed by atoms with E-state index in [0.29, 0.717) is 6.04 Å². The molecule has 1 unspecified atom stereocenters. The summed E-state index contributed by atoms with van der Waals surface area (Å²) in [5.74, 6) is 3.78. The number of thioether (sulfide) groups is 1. The van der Waals surface area contributed by atoms with Crippen LogP contribution in [0.15, 0.2) is 29.2 Å². The van der Waals surface area contributed by atoms with E-state index in [-0.39, 0.29) is 0 Å². The lowest BCUT2D eigenvalue weighted by Gasteiger charge is -2.11. The molecular formula is C12H13NS. The molecule has 0 amide bonds. The first-order valence-electron chi connectivity index (χ1n) is 4.80. The molecule has 0 bridgehead atoms. The highest BCUT2D eigenvalue weighted by atomic mass is 32.2. The fraction of sp³-hybridized carbons (Fsp3) is 0.333. The van der Waals surface area contributed by atoms with Crippen LogP contribution in [0.1, 0.15) is 18.0 Å². The highest BCUT2D eigenvalue weighted by Gasteiger charge is 2.21. The van der Waals surface area contributed by atoms with Gasteiger partial charge in [0.25, 0.3) is 0 Å². The van der Waals surface area contributed by atoms with Crippen molar-refractivity contribution in [1.29, 1.82) is 0 Å². The lowest BCUT2D eigenvalue weighted by atomic mass is 10.1.